The van der Waals surface area contributed by atoms with E-state index in [4.69, 9.17) is 4.74 Å². The summed E-state index contributed by atoms with van der Waals surface area (Å²) < 4.78 is 7.25. The van der Waals surface area contributed by atoms with E-state index in [1.165, 1.54) is 10.9 Å². The van der Waals surface area contributed by atoms with E-state index in [1.54, 1.807) is 12.0 Å². The van der Waals surface area contributed by atoms with Crippen molar-refractivity contribution in [3.63, 3.8) is 0 Å². The van der Waals surface area contributed by atoms with Gasteiger partial charge in [-0.25, -0.2) is 0 Å². The largest absolute Gasteiger partial charge is 0.383 e. The summed E-state index contributed by atoms with van der Waals surface area (Å²) >= 11 is 0. The normalized spacial score (nSPS) is 17.7. The predicted molar refractivity (Wildman–Crippen MR) is 101 cm³/mol. The lowest BCUT2D eigenvalue weighted by Crippen LogP contribution is -2.46. The smallest absolute Gasteiger partial charge is 0.224 e. The van der Waals surface area contributed by atoms with Gasteiger partial charge in [0.1, 0.15) is 0 Å². The number of carbonyl (C=O) groups excluding carboxylic acids is 2. The van der Waals surface area contributed by atoms with E-state index >= 15 is 0 Å². The zero-order chi connectivity index (χ0) is 18.4. The molecule has 2 amide bonds. The number of nitrogens with zero attached hydrogens (tertiary/aromatic N) is 2. The second-order valence-electron chi connectivity index (χ2n) is 6.78. The van der Waals surface area contributed by atoms with Crippen LogP contribution in [0.3, 0.4) is 0 Å². The minimum Gasteiger partial charge on any atom is -0.383 e. The van der Waals surface area contributed by atoms with Crippen LogP contribution in [0, 0.1) is 5.92 Å². The third-order valence-electron chi connectivity index (χ3n) is 4.99. The molecule has 1 aromatic carbocycles. The fourth-order valence-electron chi connectivity index (χ4n) is 3.49. The molecule has 26 heavy (non-hydrogen) atoms. The zero-order valence-corrected chi connectivity index (χ0v) is 15.3. The minimum absolute atomic E-state index is 0.0530. The third-order valence-corrected chi connectivity index (χ3v) is 4.99. The minimum atomic E-state index is -0.114. The Kier molecular flexibility index (Phi) is 6.28. The van der Waals surface area contributed by atoms with Crippen LogP contribution in [0.15, 0.2) is 36.5 Å². The standard InChI is InChI=1S/C20H27N3O3/c1-26-14-13-23-15-17(7-8-19(23)24)20(25)21-10-4-11-22-12-9-16-5-2-3-6-18(16)22/h2-3,5-6,9,12,17H,4,7-8,10-11,13-15H2,1H3,(H,21,25)/t17-/m1/s1. The molecule has 1 atom stereocenters. The molecule has 3 rings (SSSR count). The number of para-hydroxylation sites is 1. The lowest BCUT2D eigenvalue weighted by Gasteiger charge is -2.31. The molecule has 0 saturated carbocycles. The number of benzene rings is 1. The molecule has 1 aliphatic heterocycles. The number of nitrogens with one attached hydrogen (secondary N) is 1. The first-order valence-corrected chi connectivity index (χ1v) is 9.27. The Morgan fingerprint density at radius 2 is 2.12 bits per heavy atom. The highest BCUT2D eigenvalue weighted by atomic mass is 16.5. The summed E-state index contributed by atoms with van der Waals surface area (Å²) in [5, 5.41) is 4.27. The Morgan fingerprint density at radius 3 is 2.96 bits per heavy atom. The van der Waals surface area contributed by atoms with Crippen LogP contribution in [0.2, 0.25) is 0 Å². The summed E-state index contributed by atoms with van der Waals surface area (Å²) in [6, 6.07) is 10.4. The number of aromatic nitrogens is 1. The van der Waals surface area contributed by atoms with Gasteiger partial charge < -0.3 is 19.5 Å². The van der Waals surface area contributed by atoms with Crippen LogP contribution in [0.1, 0.15) is 19.3 Å². The van der Waals surface area contributed by atoms with Gasteiger partial charge in [0.2, 0.25) is 11.8 Å². The fraction of sp³-hybridized carbons (Fsp3) is 0.500. The predicted octanol–water partition coefficient (Wildman–Crippen LogP) is 2.03. The number of piperidine rings is 1. The molecule has 6 heteroatoms. The quantitative estimate of drug-likeness (QED) is 0.736. The van der Waals surface area contributed by atoms with Crippen LogP contribution < -0.4 is 5.32 Å². The van der Waals surface area contributed by atoms with Gasteiger partial charge in [-0.3, -0.25) is 9.59 Å². The fourth-order valence-corrected chi connectivity index (χ4v) is 3.49. The summed E-state index contributed by atoms with van der Waals surface area (Å²) in [5.74, 6) is 0.0554. The van der Waals surface area contributed by atoms with Gasteiger partial charge in [0.15, 0.2) is 0 Å². The van der Waals surface area contributed by atoms with Crippen molar-refractivity contribution in [3.05, 3.63) is 36.5 Å². The maximum Gasteiger partial charge on any atom is 0.224 e. The number of likely N-dealkylation sites (tertiary alicyclic amines) is 1. The van der Waals surface area contributed by atoms with Gasteiger partial charge in [-0.2, -0.15) is 0 Å². The number of rotatable bonds is 8. The second kappa shape index (κ2) is 8.85. The number of carbonyl (C=O) groups is 2. The first-order valence-electron chi connectivity index (χ1n) is 9.27. The van der Waals surface area contributed by atoms with Gasteiger partial charge in [0.05, 0.1) is 12.5 Å². The number of aryl methyl sites for hydroxylation is 1. The summed E-state index contributed by atoms with van der Waals surface area (Å²) in [7, 11) is 1.62. The lowest BCUT2D eigenvalue weighted by atomic mass is 9.96. The molecule has 1 fully saturated rings. The Morgan fingerprint density at radius 1 is 1.27 bits per heavy atom. The molecule has 0 aliphatic carbocycles. The summed E-state index contributed by atoms with van der Waals surface area (Å²) in [6.45, 7) is 3.08. The average molecular weight is 357 g/mol. The van der Waals surface area contributed by atoms with Gasteiger partial charge in [0.25, 0.3) is 0 Å². The Bertz CT molecular complexity index is 756. The van der Waals surface area contributed by atoms with Gasteiger partial charge in [-0.1, -0.05) is 18.2 Å². The molecule has 0 unspecified atom stereocenters. The van der Waals surface area contributed by atoms with Crippen molar-refractivity contribution in [2.75, 3.05) is 33.4 Å². The van der Waals surface area contributed by atoms with E-state index in [0.717, 1.165) is 13.0 Å². The number of hydrogen-bond donors (Lipinski definition) is 1. The first-order chi connectivity index (χ1) is 12.7. The number of methoxy groups -OCH3 is 1. The molecule has 0 spiro atoms. The van der Waals surface area contributed by atoms with Gasteiger partial charge >= 0.3 is 0 Å². The van der Waals surface area contributed by atoms with E-state index in [2.05, 4.69) is 34.3 Å². The lowest BCUT2D eigenvalue weighted by molar-refractivity contribution is -0.138. The van der Waals surface area contributed by atoms with E-state index < -0.39 is 0 Å². The van der Waals surface area contributed by atoms with Crippen molar-refractivity contribution in [1.29, 1.82) is 0 Å². The van der Waals surface area contributed by atoms with Gasteiger partial charge in [-0.15, -0.1) is 0 Å². The molecule has 6 nitrogen and oxygen atoms in total. The molecular weight excluding hydrogens is 330 g/mol. The maximum absolute atomic E-state index is 12.4. The second-order valence-corrected chi connectivity index (χ2v) is 6.78. The number of fused-ring (bicyclic) bond motifs is 1. The van der Waals surface area contributed by atoms with E-state index in [-0.39, 0.29) is 17.7 Å². The van der Waals surface area contributed by atoms with E-state index in [1.807, 2.05) is 12.1 Å². The van der Waals surface area contributed by atoms with Gasteiger partial charge in [0, 0.05) is 51.4 Å². The number of amides is 2. The topological polar surface area (TPSA) is 63.6 Å². The average Bonchev–Trinajstić information content (AvgIpc) is 3.07. The van der Waals surface area contributed by atoms with Crippen molar-refractivity contribution in [2.45, 2.75) is 25.8 Å². The Hall–Kier alpha value is -2.34. The van der Waals surface area contributed by atoms with Crippen molar-refractivity contribution in [3.8, 4) is 0 Å². The highest BCUT2D eigenvalue weighted by Crippen LogP contribution is 2.18. The molecule has 2 aromatic rings. The van der Waals surface area contributed by atoms with E-state index in [0.29, 0.717) is 39.1 Å². The Balaban J connectivity index is 1.43. The van der Waals surface area contributed by atoms with Crippen LogP contribution in [0.25, 0.3) is 10.9 Å². The van der Waals surface area contributed by atoms with E-state index in [9.17, 15) is 9.59 Å². The summed E-state index contributed by atoms with van der Waals surface area (Å²) in [5.41, 5.74) is 1.22. The molecular formula is C20H27N3O3. The highest BCUT2D eigenvalue weighted by Gasteiger charge is 2.29. The number of hydrogen-bond acceptors (Lipinski definition) is 3. The zero-order valence-electron chi connectivity index (χ0n) is 15.3. The molecule has 1 aromatic heterocycles. The molecule has 0 radical (unpaired) electrons. The van der Waals surface area contributed by atoms with Crippen molar-refractivity contribution in [1.82, 2.24) is 14.8 Å². The summed E-state index contributed by atoms with van der Waals surface area (Å²) in [6.07, 6.45) is 4.05. The number of ether oxygens (including phenoxy) is 1. The molecule has 0 bridgehead atoms. The maximum atomic E-state index is 12.4. The SMILES string of the molecule is COCCN1C[C@H](C(=O)NCCCn2ccc3ccccc32)CCC1=O. The van der Waals surface area contributed by atoms with Crippen LogP contribution in [-0.4, -0.2) is 54.6 Å². The summed E-state index contributed by atoms with van der Waals surface area (Å²) in [4.78, 5) is 26.1. The highest BCUT2D eigenvalue weighted by molar-refractivity contribution is 5.83. The van der Waals surface area contributed by atoms with Crippen LogP contribution in [0.5, 0.6) is 0 Å². The molecule has 1 saturated heterocycles. The Labute approximate surface area is 154 Å². The van der Waals surface area contributed by atoms with Crippen molar-refractivity contribution < 1.29 is 14.3 Å². The van der Waals surface area contributed by atoms with Gasteiger partial charge in [-0.05, 0) is 30.4 Å². The van der Waals surface area contributed by atoms with Crippen LogP contribution in [-0.2, 0) is 20.9 Å². The molecule has 140 valence electrons. The van der Waals surface area contributed by atoms with Crippen LogP contribution >= 0.6 is 0 Å². The van der Waals surface area contributed by atoms with Crippen LogP contribution in [0.4, 0.5) is 0 Å². The van der Waals surface area contributed by atoms with Crippen molar-refractivity contribution in [2.24, 2.45) is 5.92 Å². The third kappa shape index (κ3) is 4.43. The first kappa shape index (κ1) is 18.5. The molecule has 1 aliphatic rings. The molecule has 1 N–H and O–H groups in total. The molecule has 2 heterocycles. The van der Waals surface area contributed by atoms with Crippen molar-refractivity contribution >= 4 is 22.7 Å². The monoisotopic (exact) mass is 357 g/mol.